The third-order valence-corrected chi connectivity index (χ3v) is 7.23. The summed E-state index contributed by atoms with van der Waals surface area (Å²) in [7, 11) is 2.13. The van der Waals surface area contributed by atoms with Gasteiger partial charge in [-0.05, 0) is 48.6 Å². The summed E-state index contributed by atoms with van der Waals surface area (Å²) in [6.07, 6.45) is 1.52. The minimum Gasteiger partial charge on any atom is -0.486 e. The van der Waals surface area contributed by atoms with E-state index in [1.807, 2.05) is 18.2 Å². The van der Waals surface area contributed by atoms with E-state index in [4.69, 9.17) is 9.47 Å². The molecular weight excluding hydrogens is 432 g/mol. The van der Waals surface area contributed by atoms with Crippen molar-refractivity contribution in [1.29, 1.82) is 0 Å². The first kappa shape index (κ1) is 21.2. The monoisotopic (exact) mass is 462 g/mol. The van der Waals surface area contributed by atoms with Gasteiger partial charge in [0.05, 0.1) is 11.4 Å². The number of rotatable bonds is 6. The number of amides is 1. The van der Waals surface area contributed by atoms with Crippen molar-refractivity contribution in [2.24, 2.45) is 17.8 Å². The molecule has 2 aromatic heterocycles. The number of piperidine rings is 1. The number of nitrogens with zero attached hydrogens (tertiary/aromatic N) is 3. The van der Waals surface area contributed by atoms with E-state index in [2.05, 4.69) is 57.4 Å². The van der Waals surface area contributed by atoms with Gasteiger partial charge in [0, 0.05) is 19.1 Å². The summed E-state index contributed by atoms with van der Waals surface area (Å²) >= 11 is 0. The Balaban J connectivity index is 1.23. The smallest absolute Gasteiger partial charge is 0.268 e. The van der Waals surface area contributed by atoms with Crippen molar-refractivity contribution in [3.8, 4) is 11.5 Å². The fraction of sp³-hybridized carbons (Fsp3) is 0.480. The Labute approximate surface area is 198 Å². The van der Waals surface area contributed by atoms with Gasteiger partial charge in [0.2, 0.25) is 0 Å². The molecule has 0 radical (unpaired) electrons. The molecule has 2 fully saturated rings. The Hall–Kier alpha value is -3.33. The Morgan fingerprint density at radius 3 is 2.65 bits per heavy atom. The van der Waals surface area contributed by atoms with Crippen LogP contribution in [-0.4, -0.2) is 65.2 Å². The zero-order chi connectivity index (χ0) is 23.4. The summed E-state index contributed by atoms with van der Waals surface area (Å²) in [4.78, 5) is 27.3. The highest BCUT2D eigenvalue weighted by atomic mass is 16.6. The topological polar surface area (TPSA) is 104 Å². The first-order valence-electron chi connectivity index (χ1n) is 12.0. The van der Waals surface area contributed by atoms with Gasteiger partial charge in [-0.2, -0.15) is 0 Å². The molecule has 1 aliphatic carbocycles. The van der Waals surface area contributed by atoms with E-state index in [0.29, 0.717) is 42.2 Å². The number of hydrogen-bond donors (Lipinski definition) is 3. The molecule has 1 amide bonds. The molecule has 1 saturated heterocycles. The van der Waals surface area contributed by atoms with Crippen LogP contribution in [0, 0.1) is 17.8 Å². The number of carbonyl (C=O) groups is 1. The van der Waals surface area contributed by atoms with E-state index in [9.17, 15) is 4.79 Å². The number of fused-ring (bicyclic) bond motifs is 3. The van der Waals surface area contributed by atoms with Crippen LogP contribution in [0.15, 0.2) is 30.6 Å². The molecule has 3 N–H and O–H groups in total. The fourth-order valence-electron chi connectivity index (χ4n) is 5.39. The standard InChI is InChI=1S/C25H30N6O3/c1-13(2)21(14-4-5-19-20(8-14)34-7-6-33-19)29-24-15-9-18(28-23(15)26-12-27-24)25(32)30-22-16-10-31(3)11-17(16)22/h4-5,8-9,12-13,16-17,21-22H,6-7,10-11H2,1-3H3,(H,30,32)(H2,26,27,28,29)/t16-,17+,21-,22?/m1/s1. The molecule has 0 spiro atoms. The minimum absolute atomic E-state index is 0.0102. The molecule has 178 valence electrons. The molecule has 1 unspecified atom stereocenters. The lowest BCUT2D eigenvalue weighted by atomic mass is 9.95. The summed E-state index contributed by atoms with van der Waals surface area (Å²) in [5, 5.41) is 7.58. The maximum atomic E-state index is 12.9. The van der Waals surface area contributed by atoms with E-state index >= 15 is 0 Å². The molecule has 6 rings (SSSR count). The molecule has 0 bridgehead atoms. The third-order valence-electron chi connectivity index (χ3n) is 7.23. The highest BCUT2D eigenvalue weighted by Crippen LogP contribution is 2.45. The van der Waals surface area contributed by atoms with Crippen LogP contribution in [0.3, 0.4) is 0 Å². The van der Waals surface area contributed by atoms with Crippen LogP contribution in [-0.2, 0) is 0 Å². The lowest BCUT2D eigenvalue weighted by molar-refractivity contribution is 0.0939. The normalized spacial score (nSPS) is 24.2. The Morgan fingerprint density at radius 2 is 1.88 bits per heavy atom. The maximum Gasteiger partial charge on any atom is 0.268 e. The molecule has 3 aromatic rings. The second kappa shape index (κ2) is 8.16. The first-order chi connectivity index (χ1) is 16.5. The van der Waals surface area contributed by atoms with Gasteiger partial charge in [-0.1, -0.05) is 19.9 Å². The molecule has 4 atom stereocenters. The average Bonchev–Trinajstić information content (AvgIpc) is 3.18. The van der Waals surface area contributed by atoms with Crippen LogP contribution in [0.1, 0.15) is 35.9 Å². The van der Waals surface area contributed by atoms with E-state index in [0.717, 1.165) is 35.5 Å². The van der Waals surface area contributed by atoms with Crippen molar-refractivity contribution < 1.29 is 14.3 Å². The third kappa shape index (κ3) is 3.73. The predicted molar refractivity (Wildman–Crippen MR) is 128 cm³/mol. The average molecular weight is 463 g/mol. The van der Waals surface area contributed by atoms with Gasteiger partial charge in [-0.15, -0.1) is 0 Å². The van der Waals surface area contributed by atoms with Crippen LogP contribution in [0.25, 0.3) is 11.0 Å². The number of likely N-dealkylation sites (tertiary alicyclic amines) is 1. The molecule has 4 heterocycles. The second-order valence-electron chi connectivity index (χ2n) is 9.98. The molecule has 1 saturated carbocycles. The quantitative estimate of drug-likeness (QED) is 0.517. The minimum atomic E-state index is -0.0850. The van der Waals surface area contributed by atoms with Gasteiger partial charge in [-0.25, -0.2) is 9.97 Å². The van der Waals surface area contributed by atoms with Gasteiger partial charge < -0.3 is 30.0 Å². The molecule has 1 aromatic carbocycles. The zero-order valence-corrected chi connectivity index (χ0v) is 19.7. The molecule has 34 heavy (non-hydrogen) atoms. The first-order valence-corrected chi connectivity index (χ1v) is 12.0. The van der Waals surface area contributed by atoms with Gasteiger partial charge in [0.25, 0.3) is 5.91 Å². The van der Waals surface area contributed by atoms with Crippen LogP contribution in [0.4, 0.5) is 5.82 Å². The molecular formula is C25H30N6O3. The lowest BCUT2D eigenvalue weighted by Crippen LogP contribution is -2.33. The van der Waals surface area contributed by atoms with Crippen molar-refractivity contribution in [3.05, 3.63) is 41.9 Å². The summed E-state index contributed by atoms with van der Waals surface area (Å²) in [5.41, 5.74) is 2.24. The van der Waals surface area contributed by atoms with Crippen molar-refractivity contribution in [1.82, 2.24) is 25.2 Å². The van der Waals surface area contributed by atoms with Gasteiger partial charge in [-0.3, -0.25) is 4.79 Å². The summed E-state index contributed by atoms with van der Waals surface area (Å²) in [6.45, 7) is 7.55. The zero-order valence-electron chi connectivity index (χ0n) is 19.7. The van der Waals surface area contributed by atoms with Crippen molar-refractivity contribution in [3.63, 3.8) is 0 Å². The number of ether oxygens (including phenoxy) is 2. The predicted octanol–water partition coefficient (Wildman–Crippen LogP) is 2.83. The number of aromatic amines is 1. The number of H-pyrrole nitrogens is 1. The second-order valence-corrected chi connectivity index (χ2v) is 9.98. The van der Waals surface area contributed by atoms with E-state index in [1.165, 1.54) is 6.33 Å². The number of carbonyl (C=O) groups excluding carboxylic acids is 1. The van der Waals surface area contributed by atoms with Crippen LogP contribution in [0.5, 0.6) is 11.5 Å². The van der Waals surface area contributed by atoms with Gasteiger partial charge in [0.1, 0.15) is 36.7 Å². The van der Waals surface area contributed by atoms with E-state index < -0.39 is 0 Å². The fourth-order valence-corrected chi connectivity index (χ4v) is 5.39. The molecule has 9 heteroatoms. The van der Waals surface area contributed by atoms with Crippen LogP contribution >= 0.6 is 0 Å². The van der Waals surface area contributed by atoms with E-state index in [1.54, 1.807) is 0 Å². The van der Waals surface area contributed by atoms with Crippen molar-refractivity contribution in [2.75, 3.05) is 38.7 Å². The van der Waals surface area contributed by atoms with Crippen LogP contribution in [0.2, 0.25) is 0 Å². The number of anilines is 1. The van der Waals surface area contributed by atoms with Gasteiger partial charge >= 0.3 is 0 Å². The Morgan fingerprint density at radius 1 is 1.12 bits per heavy atom. The number of benzene rings is 1. The van der Waals surface area contributed by atoms with Crippen LogP contribution < -0.4 is 20.1 Å². The molecule has 3 aliphatic rings. The summed E-state index contributed by atoms with van der Waals surface area (Å²) < 4.78 is 11.5. The highest BCUT2D eigenvalue weighted by Gasteiger charge is 2.55. The van der Waals surface area contributed by atoms with Gasteiger partial charge in [0.15, 0.2) is 11.5 Å². The largest absolute Gasteiger partial charge is 0.486 e. The lowest BCUT2D eigenvalue weighted by Gasteiger charge is -2.26. The Bertz CT molecular complexity index is 1230. The molecule has 2 aliphatic heterocycles. The summed E-state index contributed by atoms with van der Waals surface area (Å²) in [5.74, 6) is 3.58. The van der Waals surface area contributed by atoms with E-state index in [-0.39, 0.29) is 23.9 Å². The van der Waals surface area contributed by atoms with Crippen molar-refractivity contribution in [2.45, 2.75) is 25.9 Å². The number of aromatic nitrogens is 3. The van der Waals surface area contributed by atoms with Crippen molar-refractivity contribution >= 4 is 22.8 Å². The summed E-state index contributed by atoms with van der Waals surface area (Å²) in [6, 6.07) is 8.16. The SMILES string of the molecule is CC(C)[C@@H](Nc1ncnc2[nH]c(C(=O)NC3[C@H]4CN(C)C[C@@H]34)cc12)c1ccc2c(c1)OCCO2. The number of nitrogens with one attached hydrogen (secondary N) is 3. The Kier molecular flexibility index (Phi) is 5.09. The highest BCUT2D eigenvalue weighted by molar-refractivity contribution is 6.00. The molecule has 9 nitrogen and oxygen atoms in total. The number of hydrogen-bond acceptors (Lipinski definition) is 7. The maximum absolute atomic E-state index is 12.9.